The molecule has 7 heteroatoms. The van der Waals surface area contributed by atoms with Crippen molar-refractivity contribution in [1.82, 2.24) is 14.8 Å². The van der Waals surface area contributed by atoms with Crippen molar-refractivity contribution in [3.05, 3.63) is 23.9 Å². The van der Waals surface area contributed by atoms with Crippen molar-refractivity contribution in [2.24, 2.45) is 17.6 Å². The number of pyridine rings is 1. The highest BCUT2D eigenvalue weighted by atomic mass is 16.2. The normalized spacial score (nSPS) is 23.7. The number of likely N-dealkylation sites (tertiary alicyclic amines) is 2. The van der Waals surface area contributed by atoms with Gasteiger partial charge in [0.25, 0.3) is 5.91 Å². The molecule has 28 heavy (non-hydrogen) atoms. The number of piperidine rings is 1. The van der Waals surface area contributed by atoms with Gasteiger partial charge in [-0.15, -0.1) is 0 Å². The Hall–Kier alpha value is -2.15. The van der Waals surface area contributed by atoms with Crippen molar-refractivity contribution in [2.45, 2.75) is 32.1 Å². The van der Waals surface area contributed by atoms with E-state index in [9.17, 15) is 9.59 Å². The van der Waals surface area contributed by atoms with Crippen molar-refractivity contribution in [3.8, 4) is 0 Å². The second-order valence-corrected chi connectivity index (χ2v) is 8.42. The maximum atomic E-state index is 12.8. The second-order valence-electron chi connectivity index (χ2n) is 8.42. The number of amides is 2. The predicted molar refractivity (Wildman–Crippen MR) is 108 cm³/mol. The molecule has 3 aliphatic heterocycles. The van der Waals surface area contributed by atoms with Crippen LogP contribution in [0.1, 0.15) is 42.5 Å². The van der Waals surface area contributed by atoms with Crippen LogP contribution in [0, 0.1) is 11.8 Å². The first-order chi connectivity index (χ1) is 13.6. The van der Waals surface area contributed by atoms with Crippen LogP contribution >= 0.6 is 0 Å². The van der Waals surface area contributed by atoms with E-state index in [0.29, 0.717) is 29.7 Å². The molecule has 4 heterocycles. The molecular weight excluding hydrogens is 354 g/mol. The Morgan fingerprint density at radius 3 is 2.50 bits per heavy atom. The highest BCUT2D eigenvalue weighted by Crippen LogP contribution is 2.24. The van der Waals surface area contributed by atoms with Crippen molar-refractivity contribution in [1.29, 1.82) is 0 Å². The van der Waals surface area contributed by atoms with Crippen molar-refractivity contribution >= 4 is 17.6 Å². The summed E-state index contributed by atoms with van der Waals surface area (Å²) in [5, 5.41) is 0. The van der Waals surface area contributed by atoms with Crippen molar-refractivity contribution < 1.29 is 9.59 Å². The molecule has 0 saturated carbocycles. The maximum Gasteiger partial charge on any atom is 0.255 e. The number of aromatic nitrogens is 1. The van der Waals surface area contributed by atoms with Gasteiger partial charge in [-0.2, -0.15) is 0 Å². The molecule has 1 aromatic heterocycles. The molecule has 0 aromatic carbocycles. The molecule has 7 nitrogen and oxygen atoms in total. The Labute approximate surface area is 166 Å². The third-order valence-electron chi connectivity index (χ3n) is 6.49. The van der Waals surface area contributed by atoms with Gasteiger partial charge in [0.15, 0.2) is 0 Å². The molecular formula is C21H31N5O2. The van der Waals surface area contributed by atoms with Crippen LogP contribution in [0.3, 0.4) is 0 Å². The molecule has 1 aromatic rings. The van der Waals surface area contributed by atoms with Crippen LogP contribution < -0.4 is 10.6 Å². The van der Waals surface area contributed by atoms with Crippen LogP contribution in [0.5, 0.6) is 0 Å². The average molecular weight is 386 g/mol. The molecule has 2 N–H and O–H groups in total. The second kappa shape index (κ2) is 8.47. The molecule has 4 rings (SSSR count). The minimum atomic E-state index is 0.0657. The molecule has 3 fully saturated rings. The highest BCUT2D eigenvalue weighted by molar-refractivity contribution is 5.94. The fourth-order valence-electron chi connectivity index (χ4n) is 4.64. The van der Waals surface area contributed by atoms with Gasteiger partial charge in [-0.1, -0.05) is 0 Å². The quantitative estimate of drug-likeness (QED) is 0.827. The smallest absolute Gasteiger partial charge is 0.255 e. The largest absolute Gasteiger partial charge is 0.356 e. The van der Waals surface area contributed by atoms with Crippen LogP contribution in [0.25, 0.3) is 0 Å². The Kier molecular flexibility index (Phi) is 5.80. The first kappa shape index (κ1) is 19.2. The van der Waals surface area contributed by atoms with Crippen molar-refractivity contribution in [2.75, 3.05) is 50.7 Å². The first-order valence-corrected chi connectivity index (χ1v) is 10.6. The fraction of sp³-hybridized carbons (Fsp3) is 0.667. The Bertz CT molecular complexity index is 699. The van der Waals surface area contributed by atoms with Gasteiger partial charge in [-0.05, 0) is 56.2 Å². The van der Waals surface area contributed by atoms with E-state index in [-0.39, 0.29) is 5.91 Å². The summed E-state index contributed by atoms with van der Waals surface area (Å²) in [7, 11) is 0. The number of rotatable bonds is 5. The number of carbonyl (C=O) groups excluding carboxylic acids is 2. The summed E-state index contributed by atoms with van der Waals surface area (Å²) in [5.41, 5.74) is 6.42. The highest BCUT2D eigenvalue weighted by Gasteiger charge is 2.28. The zero-order valence-corrected chi connectivity index (χ0v) is 16.6. The van der Waals surface area contributed by atoms with Crippen molar-refractivity contribution in [3.63, 3.8) is 0 Å². The van der Waals surface area contributed by atoms with E-state index < -0.39 is 0 Å². The lowest BCUT2D eigenvalue weighted by Gasteiger charge is -2.34. The van der Waals surface area contributed by atoms with E-state index in [1.54, 1.807) is 6.20 Å². The lowest BCUT2D eigenvalue weighted by molar-refractivity contribution is -0.128. The summed E-state index contributed by atoms with van der Waals surface area (Å²) in [6, 6.07) is 3.85. The summed E-state index contributed by atoms with van der Waals surface area (Å²) in [4.78, 5) is 35.3. The van der Waals surface area contributed by atoms with Gasteiger partial charge in [-0.3, -0.25) is 9.59 Å². The summed E-state index contributed by atoms with van der Waals surface area (Å²) in [6.07, 6.45) is 6.44. The molecule has 0 radical (unpaired) electrons. The summed E-state index contributed by atoms with van der Waals surface area (Å²) >= 11 is 0. The zero-order valence-electron chi connectivity index (χ0n) is 16.6. The van der Waals surface area contributed by atoms with Crippen LogP contribution in [0.4, 0.5) is 5.82 Å². The van der Waals surface area contributed by atoms with E-state index in [1.807, 2.05) is 21.9 Å². The van der Waals surface area contributed by atoms with Gasteiger partial charge >= 0.3 is 0 Å². The first-order valence-electron chi connectivity index (χ1n) is 10.6. The summed E-state index contributed by atoms with van der Waals surface area (Å²) in [6.45, 7) is 5.93. The zero-order chi connectivity index (χ0) is 19.5. The number of nitrogens with zero attached hydrogens (tertiary/aromatic N) is 4. The van der Waals surface area contributed by atoms with Gasteiger partial charge in [0.2, 0.25) is 5.91 Å². The number of hydrogen-bond donors (Lipinski definition) is 1. The van der Waals surface area contributed by atoms with Crippen LogP contribution in [0.15, 0.2) is 18.3 Å². The summed E-state index contributed by atoms with van der Waals surface area (Å²) in [5.74, 6) is 2.34. The predicted octanol–water partition coefficient (Wildman–Crippen LogP) is 1.34. The van der Waals surface area contributed by atoms with Gasteiger partial charge in [0, 0.05) is 51.9 Å². The fourth-order valence-corrected chi connectivity index (χ4v) is 4.64. The summed E-state index contributed by atoms with van der Waals surface area (Å²) < 4.78 is 0. The number of nitrogens with two attached hydrogens (primary N) is 1. The van der Waals surface area contributed by atoms with E-state index >= 15 is 0 Å². The molecule has 0 unspecified atom stereocenters. The van der Waals surface area contributed by atoms with E-state index in [2.05, 4.69) is 9.88 Å². The van der Waals surface area contributed by atoms with Gasteiger partial charge in [0.1, 0.15) is 5.82 Å². The number of anilines is 1. The lowest BCUT2D eigenvalue weighted by atomic mass is 9.96. The maximum absolute atomic E-state index is 12.8. The lowest BCUT2D eigenvalue weighted by Crippen LogP contribution is -2.41. The Balaban J connectivity index is 1.28. The van der Waals surface area contributed by atoms with E-state index in [0.717, 1.165) is 77.3 Å². The topological polar surface area (TPSA) is 82.8 Å². The van der Waals surface area contributed by atoms with Crippen LogP contribution in [0.2, 0.25) is 0 Å². The third kappa shape index (κ3) is 4.14. The van der Waals surface area contributed by atoms with E-state index in [4.69, 9.17) is 5.73 Å². The SMILES string of the molecule is NC[C@H]1CCN(c2ccc(C(=O)N3CCC(CN4CCCC4=O)CC3)cn2)C1. The number of hydrogen-bond acceptors (Lipinski definition) is 5. The monoisotopic (exact) mass is 385 g/mol. The molecule has 0 aliphatic carbocycles. The van der Waals surface area contributed by atoms with Crippen LogP contribution in [-0.2, 0) is 4.79 Å². The van der Waals surface area contributed by atoms with Gasteiger partial charge in [0.05, 0.1) is 5.56 Å². The molecule has 0 bridgehead atoms. The Morgan fingerprint density at radius 2 is 1.89 bits per heavy atom. The van der Waals surface area contributed by atoms with Gasteiger partial charge in [-0.25, -0.2) is 4.98 Å². The molecule has 3 saturated heterocycles. The third-order valence-corrected chi connectivity index (χ3v) is 6.49. The minimum Gasteiger partial charge on any atom is -0.356 e. The standard InChI is InChI=1S/C21H31N5O2/c22-12-17-7-11-25(15-17)19-4-3-18(13-23-19)21(28)24-9-5-16(6-10-24)14-26-8-1-2-20(26)27/h3-4,13,16-17H,1-2,5-12,14-15,22H2/t17-/m1/s1. The van der Waals surface area contributed by atoms with Crippen LogP contribution in [-0.4, -0.2) is 72.4 Å². The molecule has 1 atom stereocenters. The van der Waals surface area contributed by atoms with E-state index in [1.165, 1.54) is 0 Å². The molecule has 2 amide bonds. The molecule has 3 aliphatic rings. The minimum absolute atomic E-state index is 0.0657. The average Bonchev–Trinajstić information content (AvgIpc) is 3.37. The Morgan fingerprint density at radius 1 is 1.11 bits per heavy atom. The number of carbonyl (C=O) groups is 2. The molecule has 152 valence electrons. The van der Waals surface area contributed by atoms with Gasteiger partial charge < -0.3 is 20.4 Å². The molecule has 0 spiro atoms.